The number of hydrogen-bond donors (Lipinski definition) is 2. The molecule has 0 aromatic rings. The van der Waals surface area contributed by atoms with Crippen LogP contribution in [0.15, 0.2) is 0 Å². The van der Waals surface area contributed by atoms with Gasteiger partial charge in [0.15, 0.2) is 0 Å². The second kappa shape index (κ2) is 2.21. The molecule has 1 heterocycles. The van der Waals surface area contributed by atoms with Crippen LogP contribution >= 0.6 is 0 Å². The van der Waals surface area contributed by atoms with E-state index in [2.05, 4.69) is 5.32 Å². The second-order valence-electron chi connectivity index (χ2n) is 3.58. The van der Waals surface area contributed by atoms with E-state index in [0.717, 1.165) is 32.2 Å². The number of carbonyl (C=O) groups is 1. The van der Waals surface area contributed by atoms with Crippen LogP contribution in [0.2, 0.25) is 0 Å². The zero-order valence-electron chi connectivity index (χ0n) is 6.47. The Kier molecular flexibility index (Phi) is 1.42. The highest BCUT2D eigenvalue weighted by molar-refractivity contribution is 5.80. The SMILES string of the molecule is O=C(O)[C@]1(C2CC2)CCCN1. The summed E-state index contributed by atoms with van der Waals surface area (Å²) in [6.07, 6.45) is 4.04. The van der Waals surface area contributed by atoms with Crippen molar-refractivity contribution in [3.05, 3.63) is 0 Å². The Labute approximate surface area is 65.8 Å². The first-order valence-corrected chi connectivity index (χ1v) is 4.24. The van der Waals surface area contributed by atoms with Crippen molar-refractivity contribution in [1.82, 2.24) is 5.32 Å². The average molecular weight is 155 g/mol. The molecule has 0 aromatic carbocycles. The van der Waals surface area contributed by atoms with E-state index in [4.69, 9.17) is 5.11 Å². The first-order valence-electron chi connectivity index (χ1n) is 4.24. The Bertz CT molecular complexity index is 181. The van der Waals surface area contributed by atoms with Crippen molar-refractivity contribution < 1.29 is 9.90 Å². The van der Waals surface area contributed by atoms with Crippen LogP contribution in [0.4, 0.5) is 0 Å². The standard InChI is InChI=1S/C8H13NO2/c10-7(11)8(6-2-3-6)4-1-5-9-8/h6,9H,1-5H2,(H,10,11)/t8-/m1/s1. The topological polar surface area (TPSA) is 49.3 Å². The zero-order chi connectivity index (χ0) is 7.90. The van der Waals surface area contributed by atoms with E-state index in [9.17, 15) is 4.79 Å². The van der Waals surface area contributed by atoms with Crippen LogP contribution in [-0.2, 0) is 4.79 Å². The van der Waals surface area contributed by atoms with Crippen LogP contribution in [0.5, 0.6) is 0 Å². The van der Waals surface area contributed by atoms with Crippen molar-refractivity contribution >= 4 is 5.97 Å². The Morgan fingerprint density at radius 3 is 2.64 bits per heavy atom. The van der Waals surface area contributed by atoms with Crippen molar-refractivity contribution in [2.24, 2.45) is 5.92 Å². The minimum Gasteiger partial charge on any atom is -0.480 e. The maximum absolute atomic E-state index is 10.9. The molecule has 3 nitrogen and oxygen atoms in total. The van der Waals surface area contributed by atoms with Gasteiger partial charge in [-0.25, -0.2) is 0 Å². The van der Waals surface area contributed by atoms with Crippen LogP contribution in [0, 0.1) is 5.92 Å². The lowest BCUT2D eigenvalue weighted by molar-refractivity contribution is -0.145. The lowest BCUT2D eigenvalue weighted by Gasteiger charge is -2.23. The van der Waals surface area contributed by atoms with Crippen LogP contribution in [0.3, 0.4) is 0 Å². The van der Waals surface area contributed by atoms with Crippen molar-refractivity contribution in [3.8, 4) is 0 Å². The number of aliphatic carboxylic acids is 1. The molecule has 0 spiro atoms. The highest BCUT2D eigenvalue weighted by Gasteiger charge is 2.52. The molecular weight excluding hydrogens is 142 g/mol. The molecule has 62 valence electrons. The van der Waals surface area contributed by atoms with Crippen molar-refractivity contribution in [3.63, 3.8) is 0 Å². The van der Waals surface area contributed by atoms with Crippen molar-refractivity contribution in [2.45, 2.75) is 31.2 Å². The molecule has 1 saturated carbocycles. The normalized spacial score (nSPS) is 37.5. The third-order valence-corrected chi connectivity index (χ3v) is 2.84. The molecule has 3 heteroatoms. The van der Waals surface area contributed by atoms with Gasteiger partial charge in [0.1, 0.15) is 5.54 Å². The Morgan fingerprint density at radius 2 is 2.27 bits per heavy atom. The molecule has 0 bridgehead atoms. The summed E-state index contributed by atoms with van der Waals surface area (Å²) in [5.74, 6) is -0.222. The minimum atomic E-state index is -0.641. The molecule has 0 aromatic heterocycles. The van der Waals surface area contributed by atoms with Crippen LogP contribution in [-0.4, -0.2) is 23.2 Å². The fourth-order valence-electron chi connectivity index (χ4n) is 2.05. The van der Waals surface area contributed by atoms with E-state index in [1.54, 1.807) is 0 Å². The Hall–Kier alpha value is -0.570. The third-order valence-electron chi connectivity index (χ3n) is 2.84. The molecule has 2 fully saturated rings. The molecule has 1 aliphatic heterocycles. The predicted molar refractivity (Wildman–Crippen MR) is 40.3 cm³/mol. The molecule has 0 unspecified atom stereocenters. The quantitative estimate of drug-likeness (QED) is 0.614. The highest BCUT2D eigenvalue weighted by Crippen LogP contribution is 2.44. The molecule has 1 aliphatic carbocycles. The first kappa shape index (κ1) is 7.10. The average Bonchev–Trinajstić information content (AvgIpc) is 2.69. The van der Waals surface area contributed by atoms with E-state index >= 15 is 0 Å². The summed E-state index contributed by atoms with van der Waals surface area (Å²) in [5.41, 5.74) is -0.528. The molecule has 2 rings (SSSR count). The maximum Gasteiger partial charge on any atom is 0.324 e. The van der Waals surface area contributed by atoms with Gasteiger partial charge in [-0.1, -0.05) is 0 Å². The smallest absolute Gasteiger partial charge is 0.324 e. The summed E-state index contributed by atoms with van der Waals surface area (Å²) < 4.78 is 0. The lowest BCUT2D eigenvalue weighted by Crippen LogP contribution is -2.49. The largest absolute Gasteiger partial charge is 0.480 e. The van der Waals surface area contributed by atoms with Crippen molar-refractivity contribution in [1.29, 1.82) is 0 Å². The van der Waals surface area contributed by atoms with Crippen molar-refractivity contribution in [2.75, 3.05) is 6.54 Å². The zero-order valence-corrected chi connectivity index (χ0v) is 6.47. The fourth-order valence-corrected chi connectivity index (χ4v) is 2.05. The Balaban J connectivity index is 2.17. The summed E-state index contributed by atoms with van der Waals surface area (Å²) in [6.45, 7) is 0.878. The van der Waals surface area contributed by atoms with E-state index in [0.29, 0.717) is 5.92 Å². The van der Waals surface area contributed by atoms with Gasteiger partial charge in [0, 0.05) is 0 Å². The molecule has 2 aliphatic rings. The summed E-state index contributed by atoms with van der Waals surface area (Å²) in [5, 5.41) is 12.1. The number of rotatable bonds is 2. The molecule has 0 amide bonds. The number of nitrogens with one attached hydrogen (secondary N) is 1. The van der Waals surface area contributed by atoms with Gasteiger partial charge >= 0.3 is 5.97 Å². The van der Waals surface area contributed by atoms with E-state index in [1.165, 1.54) is 0 Å². The molecular formula is C8H13NO2. The summed E-state index contributed by atoms with van der Waals surface area (Å²) >= 11 is 0. The number of carboxylic acids is 1. The first-order chi connectivity index (χ1) is 5.26. The van der Waals surface area contributed by atoms with E-state index in [-0.39, 0.29) is 0 Å². The van der Waals surface area contributed by atoms with E-state index in [1.807, 2.05) is 0 Å². The van der Waals surface area contributed by atoms with Gasteiger partial charge in [-0.15, -0.1) is 0 Å². The lowest BCUT2D eigenvalue weighted by atomic mass is 9.92. The third kappa shape index (κ3) is 0.948. The fraction of sp³-hybridized carbons (Fsp3) is 0.875. The molecule has 1 atom stereocenters. The summed E-state index contributed by atoms with van der Waals surface area (Å²) in [6, 6.07) is 0. The van der Waals surface area contributed by atoms with E-state index < -0.39 is 11.5 Å². The van der Waals surface area contributed by atoms with Gasteiger partial charge in [-0.05, 0) is 38.1 Å². The van der Waals surface area contributed by atoms with Gasteiger partial charge < -0.3 is 10.4 Å². The minimum absolute atomic E-state index is 0.419. The monoisotopic (exact) mass is 155 g/mol. The van der Waals surface area contributed by atoms with Gasteiger partial charge in [-0.3, -0.25) is 4.79 Å². The van der Waals surface area contributed by atoms with Gasteiger partial charge in [0.05, 0.1) is 0 Å². The molecule has 2 N–H and O–H groups in total. The second-order valence-corrected chi connectivity index (χ2v) is 3.58. The van der Waals surface area contributed by atoms with Crippen LogP contribution in [0.1, 0.15) is 25.7 Å². The maximum atomic E-state index is 10.9. The molecule has 0 radical (unpaired) electrons. The van der Waals surface area contributed by atoms with Gasteiger partial charge in [0.25, 0.3) is 0 Å². The summed E-state index contributed by atoms with van der Waals surface area (Å²) in [7, 11) is 0. The number of hydrogen-bond acceptors (Lipinski definition) is 2. The number of carboxylic acid groups (broad SMARTS) is 1. The van der Waals surface area contributed by atoms with Crippen LogP contribution < -0.4 is 5.32 Å². The highest BCUT2D eigenvalue weighted by atomic mass is 16.4. The van der Waals surface area contributed by atoms with Gasteiger partial charge in [-0.2, -0.15) is 0 Å². The van der Waals surface area contributed by atoms with Gasteiger partial charge in [0.2, 0.25) is 0 Å². The predicted octanol–water partition coefficient (Wildman–Crippen LogP) is 0.603. The Morgan fingerprint density at radius 1 is 1.55 bits per heavy atom. The molecule has 11 heavy (non-hydrogen) atoms. The summed E-state index contributed by atoms with van der Waals surface area (Å²) in [4.78, 5) is 10.9. The van der Waals surface area contributed by atoms with Crippen LogP contribution in [0.25, 0.3) is 0 Å². The molecule has 1 saturated heterocycles.